The molecule has 1 aromatic rings. The first-order chi connectivity index (χ1) is 7.64. The summed E-state index contributed by atoms with van der Waals surface area (Å²) in [5.74, 6) is -0.574. The first kappa shape index (κ1) is 10.7. The minimum atomic E-state index is -0.980. The molecule has 0 aliphatic carbocycles. The Balaban J connectivity index is 2.33. The normalized spacial score (nSPS) is 23.8. The molecule has 16 heavy (non-hydrogen) atoms. The Kier molecular flexibility index (Phi) is 2.64. The Morgan fingerprint density at radius 1 is 1.25 bits per heavy atom. The quantitative estimate of drug-likeness (QED) is 0.545. The number of rotatable bonds is 2. The zero-order chi connectivity index (χ0) is 11.6. The molecule has 0 aromatic heterocycles. The predicted octanol–water partition coefficient (Wildman–Crippen LogP) is -0.312. The minimum absolute atomic E-state index is 0.407. The fourth-order valence-electron chi connectivity index (χ4n) is 1.57. The van der Waals surface area contributed by atoms with Crippen LogP contribution in [0.3, 0.4) is 0 Å². The first-order valence-electron chi connectivity index (χ1n) is 5.02. The largest absolute Gasteiger partial charge is 0.384 e. The van der Waals surface area contributed by atoms with Gasteiger partial charge in [0.05, 0.1) is 0 Å². The Morgan fingerprint density at radius 3 is 2.50 bits per heavy atom. The van der Waals surface area contributed by atoms with Crippen LogP contribution in [-0.4, -0.2) is 5.84 Å². The number of hydrogen-bond acceptors (Lipinski definition) is 5. The topological polar surface area (TPSA) is 102 Å². The van der Waals surface area contributed by atoms with E-state index in [1.807, 2.05) is 24.3 Å². The molecule has 1 aromatic carbocycles. The lowest BCUT2D eigenvalue weighted by Gasteiger charge is -2.28. The van der Waals surface area contributed by atoms with Crippen LogP contribution < -0.4 is 22.5 Å². The summed E-state index contributed by atoms with van der Waals surface area (Å²) in [7, 11) is 0. The van der Waals surface area contributed by atoms with E-state index in [0.717, 1.165) is 11.1 Å². The molecule has 0 fully saturated rings. The number of aliphatic imine (C=N–C) groups is 1. The zero-order valence-corrected chi connectivity index (χ0v) is 8.85. The van der Waals surface area contributed by atoms with E-state index in [4.69, 9.17) is 17.2 Å². The van der Waals surface area contributed by atoms with Gasteiger partial charge in [-0.3, -0.25) is 5.73 Å². The van der Waals surface area contributed by atoms with Crippen molar-refractivity contribution in [2.45, 2.75) is 12.3 Å². The third-order valence-corrected chi connectivity index (χ3v) is 2.49. The summed E-state index contributed by atoms with van der Waals surface area (Å²) in [6, 6.07) is 7.64. The van der Waals surface area contributed by atoms with E-state index < -0.39 is 5.79 Å². The van der Waals surface area contributed by atoms with Crippen LogP contribution in [0.25, 0.3) is 0 Å². The van der Waals surface area contributed by atoms with Crippen molar-refractivity contribution in [1.29, 1.82) is 0 Å². The molecule has 0 saturated carbocycles. The summed E-state index contributed by atoms with van der Waals surface area (Å²) in [4.78, 5) is 4.18. The lowest BCUT2D eigenvalue weighted by Crippen LogP contribution is -2.49. The van der Waals surface area contributed by atoms with E-state index in [2.05, 4.69) is 10.3 Å². The van der Waals surface area contributed by atoms with Crippen molar-refractivity contribution in [3.63, 3.8) is 0 Å². The van der Waals surface area contributed by atoms with Crippen molar-refractivity contribution in [1.82, 2.24) is 5.32 Å². The van der Waals surface area contributed by atoms with Gasteiger partial charge in [-0.1, -0.05) is 24.3 Å². The van der Waals surface area contributed by atoms with Gasteiger partial charge in [0.2, 0.25) is 5.79 Å². The highest BCUT2D eigenvalue weighted by atomic mass is 15.3. The smallest absolute Gasteiger partial charge is 0.211 e. The zero-order valence-electron chi connectivity index (χ0n) is 8.85. The second-order valence-electron chi connectivity index (χ2n) is 3.68. The van der Waals surface area contributed by atoms with Gasteiger partial charge in [0.25, 0.3) is 0 Å². The van der Waals surface area contributed by atoms with E-state index in [9.17, 15) is 0 Å². The Hall–Kier alpha value is -1.85. The molecule has 5 heteroatoms. The third-order valence-electron chi connectivity index (χ3n) is 2.49. The van der Waals surface area contributed by atoms with Gasteiger partial charge < -0.3 is 16.8 Å². The molecule has 0 amide bonds. The molecule has 0 radical (unpaired) electrons. The van der Waals surface area contributed by atoms with Gasteiger partial charge in [-0.25, -0.2) is 4.99 Å². The number of nitrogens with two attached hydrogens (primary N) is 3. The van der Waals surface area contributed by atoms with Crippen molar-refractivity contribution < 1.29 is 0 Å². The van der Waals surface area contributed by atoms with Crippen LogP contribution in [0.2, 0.25) is 0 Å². The van der Waals surface area contributed by atoms with Crippen molar-refractivity contribution in [3.05, 3.63) is 47.7 Å². The van der Waals surface area contributed by atoms with Crippen molar-refractivity contribution >= 4 is 5.84 Å². The van der Waals surface area contributed by atoms with Crippen LogP contribution in [0, 0.1) is 0 Å². The Morgan fingerprint density at radius 2 is 1.94 bits per heavy atom. The molecule has 1 atom stereocenters. The van der Waals surface area contributed by atoms with Gasteiger partial charge in [-0.05, 0) is 11.6 Å². The number of hydrogen-bond donors (Lipinski definition) is 4. The summed E-state index contributed by atoms with van der Waals surface area (Å²) >= 11 is 0. The fraction of sp³-hybridized carbons (Fsp3) is 0.182. The molecular formula is C11H15N5. The van der Waals surface area contributed by atoms with Crippen LogP contribution in [-0.2, 0) is 12.3 Å². The van der Waals surface area contributed by atoms with E-state index >= 15 is 0 Å². The maximum absolute atomic E-state index is 6.10. The van der Waals surface area contributed by atoms with Crippen LogP contribution >= 0.6 is 0 Å². The van der Waals surface area contributed by atoms with Gasteiger partial charge in [0.1, 0.15) is 5.84 Å². The van der Waals surface area contributed by atoms with Gasteiger partial charge >= 0.3 is 0 Å². The number of nitrogens with zero attached hydrogens (tertiary/aromatic N) is 1. The van der Waals surface area contributed by atoms with Crippen molar-refractivity contribution in [2.24, 2.45) is 22.2 Å². The molecule has 0 saturated heterocycles. The Bertz CT molecular complexity index is 434. The SMILES string of the molecule is NCc1ccc(C2(N)N=C(N)C=CN2)cc1. The monoisotopic (exact) mass is 217 g/mol. The fourth-order valence-corrected chi connectivity index (χ4v) is 1.57. The van der Waals surface area contributed by atoms with E-state index in [-0.39, 0.29) is 0 Å². The molecule has 7 N–H and O–H groups in total. The number of amidine groups is 1. The molecule has 1 unspecified atom stereocenters. The highest BCUT2D eigenvalue weighted by molar-refractivity contribution is 5.92. The number of benzene rings is 1. The summed E-state index contributed by atoms with van der Waals surface area (Å²) in [5, 5.41) is 2.98. The lowest BCUT2D eigenvalue weighted by molar-refractivity contribution is 0.410. The molecule has 5 nitrogen and oxygen atoms in total. The highest BCUT2D eigenvalue weighted by Gasteiger charge is 2.26. The van der Waals surface area contributed by atoms with Crippen LogP contribution in [0.5, 0.6) is 0 Å². The standard InChI is InChI=1S/C11H15N5/c12-7-8-1-3-9(4-2-8)11(14)15-6-5-10(13)16-11/h1-6,15H,7,12,14H2,(H2,13,16). The van der Waals surface area contributed by atoms with Crippen LogP contribution in [0.4, 0.5) is 0 Å². The Labute approximate surface area is 94.0 Å². The first-order valence-corrected chi connectivity index (χ1v) is 5.02. The minimum Gasteiger partial charge on any atom is -0.384 e. The molecule has 84 valence electrons. The number of nitrogens with one attached hydrogen (secondary N) is 1. The molecule has 1 aliphatic rings. The maximum Gasteiger partial charge on any atom is 0.211 e. The predicted molar refractivity (Wildman–Crippen MR) is 64.1 cm³/mol. The third kappa shape index (κ3) is 1.91. The molecule has 0 bridgehead atoms. The highest BCUT2D eigenvalue weighted by Crippen LogP contribution is 2.19. The second kappa shape index (κ2) is 3.96. The summed E-state index contributed by atoms with van der Waals surface area (Å²) in [5.41, 5.74) is 19.2. The average Bonchev–Trinajstić information content (AvgIpc) is 2.29. The second-order valence-corrected chi connectivity index (χ2v) is 3.68. The molecule has 0 spiro atoms. The maximum atomic E-state index is 6.10. The van der Waals surface area contributed by atoms with Crippen LogP contribution in [0.1, 0.15) is 11.1 Å². The van der Waals surface area contributed by atoms with E-state index in [0.29, 0.717) is 12.4 Å². The van der Waals surface area contributed by atoms with E-state index in [1.54, 1.807) is 12.3 Å². The summed E-state index contributed by atoms with van der Waals surface area (Å²) in [6.45, 7) is 0.511. The van der Waals surface area contributed by atoms with Gasteiger partial charge in [0, 0.05) is 18.3 Å². The van der Waals surface area contributed by atoms with Gasteiger partial charge in [-0.15, -0.1) is 0 Å². The summed E-state index contributed by atoms with van der Waals surface area (Å²) in [6.07, 6.45) is 3.36. The van der Waals surface area contributed by atoms with Crippen molar-refractivity contribution in [2.75, 3.05) is 0 Å². The van der Waals surface area contributed by atoms with Gasteiger partial charge in [-0.2, -0.15) is 0 Å². The molecule has 2 rings (SSSR count). The molecular weight excluding hydrogens is 202 g/mol. The molecule has 1 heterocycles. The van der Waals surface area contributed by atoms with Crippen LogP contribution in [0.15, 0.2) is 41.5 Å². The molecule has 1 aliphatic heterocycles. The van der Waals surface area contributed by atoms with E-state index in [1.165, 1.54) is 0 Å². The lowest BCUT2D eigenvalue weighted by atomic mass is 10.1. The average molecular weight is 217 g/mol. The van der Waals surface area contributed by atoms with Crippen molar-refractivity contribution in [3.8, 4) is 0 Å². The van der Waals surface area contributed by atoms with Gasteiger partial charge in [0.15, 0.2) is 0 Å². The summed E-state index contributed by atoms with van der Waals surface area (Å²) < 4.78 is 0.